The van der Waals surface area contributed by atoms with E-state index in [1.165, 1.54) is 7.11 Å². The van der Waals surface area contributed by atoms with Gasteiger partial charge in [0.05, 0.1) is 7.11 Å². The molecule has 0 aromatic heterocycles. The molecule has 5 nitrogen and oxygen atoms in total. The lowest BCUT2D eigenvalue weighted by atomic mass is 10.1. The fourth-order valence-electron chi connectivity index (χ4n) is 2.04. The lowest BCUT2D eigenvalue weighted by Crippen LogP contribution is -2.19. The number of ether oxygens (including phenoxy) is 2. The summed E-state index contributed by atoms with van der Waals surface area (Å²) >= 11 is 0. The molecule has 0 heterocycles. The zero-order chi connectivity index (χ0) is 12.4. The molecule has 17 heavy (non-hydrogen) atoms. The van der Waals surface area contributed by atoms with Gasteiger partial charge in [0.1, 0.15) is 0 Å². The number of hydrogen-bond donors (Lipinski definition) is 2. The average molecular weight is 237 g/mol. The molecule has 1 aliphatic carbocycles. The van der Waals surface area contributed by atoms with Gasteiger partial charge in [-0.2, -0.15) is 0 Å². The van der Waals surface area contributed by atoms with Crippen molar-refractivity contribution in [1.82, 2.24) is 0 Å². The molecular formula is C12H15NO4. The Morgan fingerprint density at radius 2 is 2.29 bits per heavy atom. The van der Waals surface area contributed by atoms with Crippen LogP contribution in [0, 0.1) is 0 Å². The molecule has 92 valence electrons. The van der Waals surface area contributed by atoms with Gasteiger partial charge in [0.2, 0.25) is 0 Å². The van der Waals surface area contributed by atoms with E-state index in [0.717, 1.165) is 17.5 Å². The SMILES string of the molecule is COC(=O)COc1c(O)ccc2c1CC(N)C2. The number of carbonyl (C=O) groups is 1. The van der Waals surface area contributed by atoms with Crippen LogP contribution in [0.1, 0.15) is 11.1 Å². The first-order valence-corrected chi connectivity index (χ1v) is 5.40. The van der Waals surface area contributed by atoms with Crippen molar-refractivity contribution in [2.24, 2.45) is 5.73 Å². The Kier molecular flexibility index (Phi) is 3.19. The molecule has 2 rings (SSSR count). The molecule has 0 amide bonds. The maximum absolute atomic E-state index is 11.0. The highest BCUT2D eigenvalue weighted by atomic mass is 16.6. The van der Waals surface area contributed by atoms with Crippen LogP contribution >= 0.6 is 0 Å². The first kappa shape index (κ1) is 11.7. The van der Waals surface area contributed by atoms with Crippen molar-refractivity contribution in [2.75, 3.05) is 13.7 Å². The summed E-state index contributed by atoms with van der Waals surface area (Å²) in [5, 5.41) is 9.73. The van der Waals surface area contributed by atoms with Crippen LogP contribution in [0.3, 0.4) is 0 Å². The van der Waals surface area contributed by atoms with Crippen molar-refractivity contribution in [3.8, 4) is 11.5 Å². The van der Waals surface area contributed by atoms with Crippen LogP contribution in [0.2, 0.25) is 0 Å². The number of benzene rings is 1. The van der Waals surface area contributed by atoms with Crippen LogP contribution in [-0.4, -0.2) is 30.8 Å². The third-order valence-electron chi connectivity index (χ3n) is 2.85. The van der Waals surface area contributed by atoms with Gasteiger partial charge in [-0.25, -0.2) is 4.79 Å². The van der Waals surface area contributed by atoms with Gasteiger partial charge in [0.15, 0.2) is 18.1 Å². The highest BCUT2D eigenvalue weighted by molar-refractivity contribution is 5.71. The number of phenols is 1. The monoisotopic (exact) mass is 237 g/mol. The number of fused-ring (bicyclic) bond motifs is 1. The van der Waals surface area contributed by atoms with Gasteiger partial charge >= 0.3 is 5.97 Å². The number of carbonyl (C=O) groups excluding carboxylic acids is 1. The van der Waals surface area contributed by atoms with Gasteiger partial charge in [-0.15, -0.1) is 0 Å². The number of esters is 1. The van der Waals surface area contributed by atoms with Crippen molar-refractivity contribution >= 4 is 5.97 Å². The summed E-state index contributed by atoms with van der Waals surface area (Å²) in [6.45, 7) is -0.213. The fraction of sp³-hybridized carbons (Fsp3) is 0.417. The Balaban J connectivity index is 2.22. The van der Waals surface area contributed by atoms with E-state index < -0.39 is 5.97 Å². The second-order valence-corrected chi connectivity index (χ2v) is 4.08. The first-order valence-electron chi connectivity index (χ1n) is 5.40. The van der Waals surface area contributed by atoms with E-state index in [4.69, 9.17) is 10.5 Å². The van der Waals surface area contributed by atoms with E-state index in [1.54, 1.807) is 6.07 Å². The number of nitrogens with two attached hydrogens (primary N) is 1. The van der Waals surface area contributed by atoms with Crippen LogP contribution in [0.15, 0.2) is 12.1 Å². The summed E-state index contributed by atoms with van der Waals surface area (Å²) in [7, 11) is 1.29. The Bertz CT molecular complexity index is 444. The largest absolute Gasteiger partial charge is 0.504 e. The van der Waals surface area contributed by atoms with Crippen molar-refractivity contribution in [3.63, 3.8) is 0 Å². The molecule has 0 aliphatic heterocycles. The van der Waals surface area contributed by atoms with Gasteiger partial charge in [-0.05, 0) is 24.5 Å². The van der Waals surface area contributed by atoms with E-state index in [1.807, 2.05) is 6.07 Å². The number of aromatic hydroxyl groups is 1. The fourth-order valence-corrected chi connectivity index (χ4v) is 2.04. The zero-order valence-electron chi connectivity index (χ0n) is 9.60. The highest BCUT2D eigenvalue weighted by Crippen LogP contribution is 2.37. The Hall–Kier alpha value is -1.75. The minimum Gasteiger partial charge on any atom is -0.504 e. The molecular weight excluding hydrogens is 222 g/mol. The van der Waals surface area contributed by atoms with Crippen molar-refractivity contribution < 1.29 is 19.4 Å². The molecule has 0 spiro atoms. The molecule has 1 aliphatic rings. The number of hydrogen-bond acceptors (Lipinski definition) is 5. The van der Waals surface area contributed by atoms with Crippen LogP contribution < -0.4 is 10.5 Å². The molecule has 1 unspecified atom stereocenters. The topological polar surface area (TPSA) is 81.8 Å². The molecule has 0 radical (unpaired) electrons. The van der Waals surface area contributed by atoms with Crippen LogP contribution in [-0.2, 0) is 22.4 Å². The average Bonchev–Trinajstić information content (AvgIpc) is 2.68. The normalized spacial score (nSPS) is 17.6. The zero-order valence-corrected chi connectivity index (χ0v) is 9.60. The molecule has 0 bridgehead atoms. The summed E-state index contributed by atoms with van der Waals surface area (Å²) in [6, 6.07) is 3.44. The molecule has 0 saturated heterocycles. The predicted octanol–water partition coefficient (Wildman–Crippen LogP) is 0.370. The molecule has 5 heteroatoms. The summed E-state index contributed by atoms with van der Waals surface area (Å²) in [4.78, 5) is 11.0. The van der Waals surface area contributed by atoms with Crippen molar-refractivity contribution in [1.29, 1.82) is 0 Å². The van der Waals surface area contributed by atoms with E-state index in [2.05, 4.69) is 4.74 Å². The van der Waals surface area contributed by atoms with Crippen molar-refractivity contribution in [3.05, 3.63) is 23.3 Å². The van der Waals surface area contributed by atoms with E-state index in [0.29, 0.717) is 12.2 Å². The second kappa shape index (κ2) is 4.63. The molecule has 1 atom stereocenters. The highest BCUT2D eigenvalue weighted by Gasteiger charge is 2.24. The van der Waals surface area contributed by atoms with Crippen LogP contribution in [0.25, 0.3) is 0 Å². The molecule has 1 aromatic rings. The molecule has 0 saturated carbocycles. The second-order valence-electron chi connectivity index (χ2n) is 4.08. The van der Waals surface area contributed by atoms with E-state index in [9.17, 15) is 9.90 Å². The van der Waals surface area contributed by atoms with Crippen LogP contribution in [0.5, 0.6) is 11.5 Å². The summed E-state index contributed by atoms with van der Waals surface area (Å²) < 4.78 is 9.78. The predicted molar refractivity (Wildman–Crippen MR) is 61.0 cm³/mol. The smallest absolute Gasteiger partial charge is 0.343 e. The molecule has 3 N–H and O–H groups in total. The van der Waals surface area contributed by atoms with E-state index in [-0.39, 0.29) is 18.4 Å². The quantitative estimate of drug-likeness (QED) is 0.742. The van der Waals surface area contributed by atoms with E-state index >= 15 is 0 Å². The van der Waals surface area contributed by atoms with Gasteiger partial charge in [0.25, 0.3) is 0 Å². The Morgan fingerprint density at radius 3 is 3.00 bits per heavy atom. The maximum atomic E-state index is 11.0. The number of methoxy groups -OCH3 is 1. The third-order valence-corrected chi connectivity index (χ3v) is 2.85. The number of phenolic OH excluding ortho intramolecular Hbond substituents is 1. The van der Waals surface area contributed by atoms with Gasteiger partial charge in [-0.3, -0.25) is 0 Å². The minimum absolute atomic E-state index is 0.0294. The summed E-state index contributed by atoms with van der Waals surface area (Å²) in [5.41, 5.74) is 7.81. The number of rotatable bonds is 3. The molecule has 0 fully saturated rings. The Labute approximate surface area is 99.1 Å². The minimum atomic E-state index is -0.482. The van der Waals surface area contributed by atoms with Gasteiger partial charge in [-0.1, -0.05) is 6.07 Å². The van der Waals surface area contributed by atoms with Crippen molar-refractivity contribution in [2.45, 2.75) is 18.9 Å². The summed E-state index contributed by atoms with van der Waals surface area (Å²) in [5.74, 6) is -0.105. The van der Waals surface area contributed by atoms with Gasteiger partial charge in [0, 0.05) is 11.6 Å². The lowest BCUT2D eigenvalue weighted by molar-refractivity contribution is -0.142. The summed E-state index contributed by atoms with van der Waals surface area (Å²) in [6.07, 6.45) is 1.42. The third kappa shape index (κ3) is 2.34. The standard InChI is InChI=1S/C12H15NO4/c1-16-11(15)6-17-12-9-5-8(13)4-7(9)2-3-10(12)14/h2-3,8,14H,4-6,13H2,1H3. The first-order chi connectivity index (χ1) is 8.11. The van der Waals surface area contributed by atoms with Gasteiger partial charge < -0.3 is 20.3 Å². The maximum Gasteiger partial charge on any atom is 0.343 e. The Morgan fingerprint density at radius 1 is 1.53 bits per heavy atom. The lowest BCUT2D eigenvalue weighted by Gasteiger charge is -2.11. The van der Waals surface area contributed by atoms with Crippen LogP contribution in [0.4, 0.5) is 0 Å². The molecule has 1 aromatic carbocycles.